The van der Waals surface area contributed by atoms with E-state index in [0.29, 0.717) is 16.7 Å². The second kappa shape index (κ2) is 5.06. The molecule has 2 aromatic rings. The summed E-state index contributed by atoms with van der Waals surface area (Å²) in [6.45, 7) is 2.13. The van der Waals surface area contributed by atoms with Gasteiger partial charge in [0, 0.05) is 17.4 Å². The Morgan fingerprint density at radius 1 is 1.24 bits per heavy atom. The second-order valence-corrected chi connectivity index (χ2v) is 4.17. The molecule has 1 aromatic heterocycles. The van der Waals surface area contributed by atoms with E-state index in [1.54, 1.807) is 12.1 Å². The third kappa shape index (κ3) is 3.11. The van der Waals surface area contributed by atoms with E-state index in [2.05, 4.69) is 29.4 Å². The molecular formula is C13H14ClN3. The van der Waals surface area contributed by atoms with Gasteiger partial charge >= 0.3 is 0 Å². The molecule has 17 heavy (non-hydrogen) atoms. The van der Waals surface area contributed by atoms with Gasteiger partial charge in [-0.1, -0.05) is 30.7 Å². The molecule has 0 unspecified atom stereocenters. The number of aryl methyl sites for hydroxylation is 1. The van der Waals surface area contributed by atoms with Crippen molar-refractivity contribution in [2.24, 2.45) is 0 Å². The predicted molar refractivity (Wildman–Crippen MR) is 72.8 cm³/mol. The number of hydrogen-bond acceptors (Lipinski definition) is 3. The van der Waals surface area contributed by atoms with Crippen LogP contribution in [0.4, 0.5) is 17.2 Å². The highest BCUT2D eigenvalue weighted by Crippen LogP contribution is 2.20. The van der Waals surface area contributed by atoms with Crippen molar-refractivity contribution in [2.45, 2.75) is 13.3 Å². The van der Waals surface area contributed by atoms with Crippen LogP contribution in [-0.4, -0.2) is 4.98 Å². The molecule has 0 aliphatic heterocycles. The van der Waals surface area contributed by atoms with Crippen LogP contribution < -0.4 is 11.1 Å². The van der Waals surface area contributed by atoms with Crippen LogP contribution in [-0.2, 0) is 6.42 Å². The number of aromatic nitrogens is 1. The molecule has 88 valence electrons. The Hall–Kier alpha value is -1.74. The zero-order valence-corrected chi connectivity index (χ0v) is 10.3. The first-order valence-electron chi connectivity index (χ1n) is 5.46. The molecule has 0 bridgehead atoms. The number of nitrogens with zero attached hydrogens (tertiary/aromatic N) is 1. The number of nitrogen functional groups attached to an aromatic ring is 1. The highest BCUT2D eigenvalue weighted by Gasteiger charge is 2.00. The number of rotatable bonds is 3. The number of halogens is 1. The van der Waals surface area contributed by atoms with Gasteiger partial charge in [-0.25, -0.2) is 4.98 Å². The fraction of sp³-hybridized carbons (Fsp3) is 0.154. The van der Waals surface area contributed by atoms with Crippen LogP contribution in [0.5, 0.6) is 0 Å². The molecule has 3 nitrogen and oxygen atoms in total. The van der Waals surface area contributed by atoms with Crippen molar-refractivity contribution in [3.05, 3.63) is 47.1 Å². The van der Waals surface area contributed by atoms with Crippen molar-refractivity contribution in [3.63, 3.8) is 0 Å². The Morgan fingerprint density at radius 2 is 1.94 bits per heavy atom. The largest absolute Gasteiger partial charge is 0.399 e. The molecule has 0 aliphatic rings. The fourth-order valence-electron chi connectivity index (χ4n) is 1.55. The van der Waals surface area contributed by atoms with E-state index in [9.17, 15) is 0 Å². The lowest BCUT2D eigenvalue weighted by Crippen LogP contribution is -1.96. The minimum Gasteiger partial charge on any atom is -0.399 e. The van der Waals surface area contributed by atoms with Crippen LogP contribution in [0, 0.1) is 0 Å². The summed E-state index contributed by atoms with van der Waals surface area (Å²) < 4.78 is 0. The van der Waals surface area contributed by atoms with Crippen LogP contribution in [0.1, 0.15) is 12.5 Å². The Morgan fingerprint density at radius 3 is 2.53 bits per heavy atom. The molecule has 4 heteroatoms. The number of benzene rings is 1. The first-order chi connectivity index (χ1) is 8.17. The van der Waals surface area contributed by atoms with Crippen LogP contribution in [0.15, 0.2) is 36.4 Å². The Bertz CT molecular complexity index is 488. The van der Waals surface area contributed by atoms with E-state index in [0.717, 1.165) is 12.1 Å². The first kappa shape index (κ1) is 11.7. The van der Waals surface area contributed by atoms with Gasteiger partial charge in [-0.2, -0.15) is 0 Å². The van der Waals surface area contributed by atoms with E-state index >= 15 is 0 Å². The van der Waals surface area contributed by atoms with Crippen LogP contribution in [0.3, 0.4) is 0 Å². The van der Waals surface area contributed by atoms with Gasteiger partial charge in [-0.05, 0) is 30.2 Å². The van der Waals surface area contributed by atoms with Crippen molar-refractivity contribution < 1.29 is 0 Å². The summed E-state index contributed by atoms with van der Waals surface area (Å²) in [6.07, 6.45) is 1.03. The zero-order valence-electron chi connectivity index (χ0n) is 9.57. The van der Waals surface area contributed by atoms with E-state index in [1.165, 1.54) is 5.56 Å². The lowest BCUT2D eigenvalue weighted by Gasteiger charge is -2.07. The summed E-state index contributed by atoms with van der Waals surface area (Å²) in [5, 5.41) is 3.55. The minimum absolute atomic E-state index is 0.387. The average Bonchev–Trinajstić information content (AvgIpc) is 2.28. The quantitative estimate of drug-likeness (QED) is 0.815. The molecular weight excluding hydrogens is 234 g/mol. The van der Waals surface area contributed by atoms with E-state index in [-0.39, 0.29) is 0 Å². The molecule has 0 radical (unpaired) electrons. The van der Waals surface area contributed by atoms with E-state index in [4.69, 9.17) is 17.3 Å². The van der Waals surface area contributed by atoms with Gasteiger partial charge in [0.1, 0.15) is 11.0 Å². The average molecular weight is 248 g/mol. The van der Waals surface area contributed by atoms with Gasteiger partial charge in [-0.3, -0.25) is 0 Å². The minimum atomic E-state index is 0.387. The number of anilines is 3. The van der Waals surface area contributed by atoms with Crippen LogP contribution >= 0.6 is 11.6 Å². The standard InChI is InChI=1S/C13H14ClN3/c1-2-9-3-5-11(6-4-9)16-13-8-10(15)7-12(14)17-13/h3-8H,2H2,1H3,(H3,15,16,17). The van der Waals surface area contributed by atoms with E-state index < -0.39 is 0 Å². The number of nitrogens with one attached hydrogen (secondary N) is 1. The molecule has 0 saturated carbocycles. The van der Waals surface area contributed by atoms with Gasteiger partial charge in [0.25, 0.3) is 0 Å². The molecule has 0 fully saturated rings. The zero-order chi connectivity index (χ0) is 12.3. The lowest BCUT2D eigenvalue weighted by atomic mass is 10.1. The molecule has 1 heterocycles. The molecule has 0 atom stereocenters. The summed E-state index contributed by atoms with van der Waals surface area (Å²) in [5.74, 6) is 0.652. The maximum atomic E-state index is 5.83. The second-order valence-electron chi connectivity index (χ2n) is 3.78. The molecule has 0 spiro atoms. The lowest BCUT2D eigenvalue weighted by molar-refractivity contribution is 1.14. The topological polar surface area (TPSA) is 50.9 Å². The van der Waals surface area contributed by atoms with Crippen molar-refractivity contribution in [1.82, 2.24) is 4.98 Å². The van der Waals surface area contributed by atoms with Crippen molar-refractivity contribution in [3.8, 4) is 0 Å². The molecule has 0 amide bonds. The molecule has 0 saturated heterocycles. The van der Waals surface area contributed by atoms with Gasteiger partial charge in [0.2, 0.25) is 0 Å². The first-order valence-corrected chi connectivity index (χ1v) is 5.84. The fourth-order valence-corrected chi connectivity index (χ4v) is 1.77. The molecule has 0 aliphatic carbocycles. The summed E-state index contributed by atoms with van der Waals surface area (Å²) in [6, 6.07) is 11.5. The number of hydrogen-bond donors (Lipinski definition) is 2. The number of nitrogens with two attached hydrogens (primary N) is 1. The number of pyridine rings is 1. The maximum Gasteiger partial charge on any atom is 0.134 e. The Balaban J connectivity index is 2.19. The van der Waals surface area contributed by atoms with Crippen LogP contribution in [0.2, 0.25) is 5.15 Å². The van der Waals surface area contributed by atoms with Gasteiger partial charge in [0.15, 0.2) is 0 Å². The maximum absolute atomic E-state index is 5.83. The predicted octanol–water partition coefficient (Wildman–Crippen LogP) is 3.62. The smallest absolute Gasteiger partial charge is 0.134 e. The normalized spacial score (nSPS) is 10.2. The summed E-state index contributed by atoms with van der Waals surface area (Å²) >= 11 is 5.83. The van der Waals surface area contributed by atoms with E-state index in [1.807, 2.05) is 12.1 Å². The molecule has 2 rings (SSSR count). The summed E-state index contributed by atoms with van der Waals surface area (Å²) in [7, 11) is 0. The third-order valence-electron chi connectivity index (χ3n) is 2.45. The Labute approximate surface area is 106 Å². The highest BCUT2D eigenvalue weighted by molar-refractivity contribution is 6.29. The highest BCUT2D eigenvalue weighted by atomic mass is 35.5. The molecule has 3 N–H and O–H groups in total. The van der Waals surface area contributed by atoms with Gasteiger partial charge < -0.3 is 11.1 Å². The summed E-state index contributed by atoms with van der Waals surface area (Å²) in [4.78, 5) is 4.15. The summed E-state index contributed by atoms with van der Waals surface area (Å²) in [5.41, 5.74) is 8.56. The monoisotopic (exact) mass is 247 g/mol. The third-order valence-corrected chi connectivity index (χ3v) is 2.64. The van der Waals surface area contributed by atoms with Crippen molar-refractivity contribution in [2.75, 3.05) is 11.1 Å². The molecule has 1 aromatic carbocycles. The van der Waals surface area contributed by atoms with Crippen molar-refractivity contribution >= 4 is 28.8 Å². The van der Waals surface area contributed by atoms with Crippen molar-refractivity contribution in [1.29, 1.82) is 0 Å². The Kier molecular flexibility index (Phi) is 3.49. The van der Waals surface area contributed by atoms with Crippen LogP contribution in [0.25, 0.3) is 0 Å². The SMILES string of the molecule is CCc1ccc(Nc2cc(N)cc(Cl)n2)cc1. The van der Waals surface area contributed by atoms with Gasteiger partial charge in [-0.15, -0.1) is 0 Å². The van der Waals surface area contributed by atoms with Gasteiger partial charge in [0.05, 0.1) is 0 Å².